The summed E-state index contributed by atoms with van der Waals surface area (Å²) in [5.41, 5.74) is 4.63. The molecule has 24 heavy (non-hydrogen) atoms. The van der Waals surface area contributed by atoms with Crippen LogP contribution in [0.25, 0.3) is 0 Å². The average molecular weight is 323 g/mol. The summed E-state index contributed by atoms with van der Waals surface area (Å²) in [6.07, 6.45) is 9.90. The maximum atomic E-state index is 13.1. The third-order valence-corrected chi connectivity index (χ3v) is 4.90. The van der Waals surface area contributed by atoms with E-state index in [9.17, 15) is 4.39 Å². The Kier molecular flexibility index (Phi) is 3.97. The molecule has 2 aromatic rings. The second kappa shape index (κ2) is 6.27. The Morgan fingerprint density at radius 1 is 1.25 bits per heavy atom. The summed E-state index contributed by atoms with van der Waals surface area (Å²) in [5.74, 6) is 0.735. The first-order valence-electron chi connectivity index (χ1n) is 8.64. The van der Waals surface area contributed by atoms with E-state index in [4.69, 9.17) is 0 Å². The lowest BCUT2D eigenvalue weighted by Crippen LogP contribution is -2.23. The van der Waals surface area contributed by atoms with Crippen LogP contribution in [0.5, 0.6) is 0 Å². The van der Waals surface area contributed by atoms with E-state index in [-0.39, 0.29) is 17.8 Å². The van der Waals surface area contributed by atoms with Crippen molar-refractivity contribution in [1.29, 1.82) is 0 Å². The van der Waals surface area contributed by atoms with Crippen LogP contribution in [0.1, 0.15) is 61.0 Å². The Bertz CT molecular complexity index is 768. The number of hydrogen-bond acceptors (Lipinski definition) is 2. The number of halogens is 1. The van der Waals surface area contributed by atoms with Gasteiger partial charge in [-0.05, 0) is 56.0 Å². The molecule has 2 atom stereocenters. The molecule has 0 amide bonds. The first-order valence-corrected chi connectivity index (χ1v) is 8.64. The molecular weight excluding hydrogens is 301 g/mol. The summed E-state index contributed by atoms with van der Waals surface area (Å²) < 4.78 is 13.1. The first kappa shape index (κ1) is 15.2. The lowest BCUT2D eigenvalue weighted by atomic mass is 9.92. The molecule has 2 N–H and O–H groups in total. The topological polar surface area (TPSA) is 40.7 Å². The largest absolute Gasteiger partial charge is 0.381 e. The number of benzene rings is 1. The molecule has 4 heteroatoms. The molecule has 2 aliphatic carbocycles. The summed E-state index contributed by atoms with van der Waals surface area (Å²) in [5, 5.41) is 11.3. The van der Waals surface area contributed by atoms with Crippen LogP contribution in [-0.2, 0) is 0 Å². The van der Waals surface area contributed by atoms with Crippen molar-refractivity contribution in [2.75, 3.05) is 0 Å². The number of allylic oxidation sites excluding steroid dienone is 4. The fraction of sp³-hybridized carbons (Fsp3) is 0.350. The number of rotatable bonds is 5. The van der Waals surface area contributed by atoms with E-state index in [0.717, 1.165) is 12.0 Å². The third kappa shape index (κ3) is 3.14. The zero-order chi connectivity index (χ0) is 16.5. The minimum atomic E-state index is -0.200. The predicted molar refractivity (Wildman–Crippen MR) is 93.1 cm³/mol. The quantitative estimate of drug-likeness (QED) is 0.837. The predicted octanol–water partition coefficient (Wildman–Crippen LogP) is 4.70. The van der Waals surface area contributed by atoms with Crippen molar-refractivity contribution >= 4 is 0 Å². The van der Waals surface area contributed by atoms with E-state index in [1.54, 1.807) is 0 Å². The van der Waals surface area contributed by atoms with Crippen LogP contribution in [0, 0.1) is 5.82 Å². The SMILES string of the molecule is C[C@H](NC1=CC=CCC1c1cc(C2CC2)n[nH]1)c1ccc(F)cc1. The fourth-order valence-electron chi connectivity index (χ4n) is 3.28. The second-order valence-corrected chi connectivity index (χ2v) is 6.78. The highest BCUT2D eigenvalue weighted by Crippen LogP contribution is 2.40. The van der Waals surface area contributed by atoms with E-state index < -0.39 is 0 Å². The molecule has 0 spiro atoms. The molecule has 2 aliphatic rings. The molecule has 0 aliphatic heterocycles. The van der Waals surface area contributed by atoms with Crippen molar-refractivity contribution in [2.24, 2.45) is 0 Å². The Hall–Kier alpha value is -2.36. The normalized spacial score (nSPS) is 21.4. The average Bonchev–Trinajstić information content (AvgIpc) is 3.33. The molecule has 3 nitrogen and oxygen atoms in total. The smallest absolute Gasteiger partial charge is 0.123 e. The molecule has 1 unspecified atom stereocenters. The fourth-order valence-corrected chi connectivity index (χ4v) is 3.28. The number of hydrogen-bond donors (Lipinski definition) is 2. The number of nitrogens with zero attached hydrogens (tertiary/aromatic N) is 1. The highest BCUT2D eigenvalue weighted by atomic mass is 19.1. The molecule has 0 saturated heterocycles. The number of H-pyrrole nitrogens is 1. The van der Waals surface area contributed by atoms with Crippen LogP contribution in [0.4, 0.5) is 4.39 Å². The van der Waals surface area contributed by atoms with Crippen molar-refractivity contribution in [3.05, 3.63) is 77.0 Å². The lowest BCUT2D eigenvalue weighted by Gasteiger charge is -2.25. The highest BCUT2D eigenvalue weighted by Gasteiger charge is 2.28. The van der Waals surface area contributed by atoms with E-state index in [2.05, 4.69) is 46.7 Å². The molecule has 1 heterocycles. The van der Waals surface area contributed by atoms with E-state index >= 15 is 0 Å². The zero-order valence-electron chi connectivity index (χ0n) is 13.8. The van der Waals surface area contributed by atoms with Gasteiger partial charge in [0.1, 0.15) is 5.82 Å². The monoisotopic (exact) mass is 323 g/mol. The van der Waals surface area contributed by atoms with E-state index in [1.807, 2.05) is 12.1 Å². The highest BCUT2D eigenvalue weighted by molar-refractivity contribution is 5.33. The first-order chi connectivity index (χ1) is 11.7. The number of aromatic amines is 1. The van der Waals surface area contributed by atoms with Crippen molar-refractivity contribution in [3.8, 4) is 0 Å². The Morgan fingerprint density at radius 3 is 2.79 bits per heavy atom. The molecule has 124 valence electrons. The molecule has 1 saturated carbocycles. The van der Waals surface area contributed by atoms with Crippen LogP contribution in [0.2, 0.25) is 0 Å². The van der Waals surface area contributed by atoms with Gasteiger partial charge in [0, 0.05) is 29.3 Å². The molecule has 0 bridgehead atoms. The molecule has 1 aromatic carbocycles. The standard InChI is InChI=1S/C20H22FN3/c1-13(14-8-10-16(21)11-9-14)22-18-5-3-2-4-17(18)20-12-19(23-24-20)15-6-7-15/h2-3,5,8-13,15,17,22H,4,6-7H2,1H3,(H,23,24)/t13-,17?/m0/s1. The summed E-state index contributed by atoms with van der Waals surface area (Å²) >= 11 is 0. The van der Waals surface area contributed by atoms with Crippen LogP contribution in [0.3, 0.4) is 0 Å². The number of aromatic nitrogens is 2. The van der Waals surface area contributed by atoms with Gasteiger partial charge in [0.05, 0.1) is 5.69 Å². The van der Waals surface area contributed by atoms with E-state index in [1.165, 1.54) is 42.1 Å². The van der Waals surface area contributed by atoms with Gasteiger partial charge in [-0.25, -0.2) is 4.39 Å². The van der Waals surface area contributed by atoms with Crippen LogP contribution >= 0.6 is 0 Å². The second-order valence-electron chi connectivity index (χ2n) is 6.78. The maximum absolute atomic E-state index is 13.1. The Balaban J connectivity index is 1.51. The summed E-state index contributed by atoms with van der Waals surface area (Å²) in [4.78, 5) is 0. The summed E-state index contributed by atoms with van der Waals surface area (Å²) in [6.45, 7) is 2.10. The van der Waals surface area contributed by atoms with Crippen molar-refractivity contribution in [3.63, 3.8) is 0 Å². The number of nitrogens with one attached hydrogen (secondary N) is 2. The zero-order valence-corrected chi connectivity index (χ0v) is 13.8. The van der Waals surface area contributed by atoms with Gasteiger partial charge in [-0.3, -0.25) is 5.10 Å². The van der Waals surface area contributed by atoms with E-state index in [0.29, 0.717) is 5.92 Å². The van der Waals surface area contributed by atoms with Gasteiger partial charge >= 0.3 is 0 Å². The van der Waals surface area contributed by atoms with Crippen molar-refractivity contribution < 1.29 is 4.39 Å². The molecule has 4 rings (SSSR count). The van der Waals surface area contributed by atoms with Gasteiger partial charge in [0.2, 0.25) is 0 Å². The Labute approximate surface area is 141 Å². The minimum Gasteiger partial charge on any atom is -0.381 e. The molecule has 1 fully saturated rings. The maximum Gasteiger partial charge on any atom is 0.123 e. The van der Waals surface area contributed by atoms with Crippen molar-refractivity contribution in [1.82, 2.24) is 15.5 Å². The molecular formula is C20H22FN3. The summed E-state index contributed by atoms with van der Waals surface area (Å²) in [6, 6.07) is 9.04. The van der Waals surface area contributed by atoms with Crippen LogP contribution < -0.4 is 5.32 Å². The Morgan fingerprint density at radius 2 is 2.04 bits per heavy atom. The van der Waals surface area contributed by atoms with Gasteiger partial charge in [-0.1, -0.05) is 24.3 Å². The van der Waals surface area contributed by atoms with Gasteiger partial charge in [-0.2, -0.15) is 5.10 Å². The third-order valence-electron chi connectivity index (χ3n) is 4.90. The van der Waals surface area contributed by atoms with Crippen LogP contribution in [0.15, 0.2) is 54.3 Å². The summed E-state index contributed by atoms with van der Waals surface area (Å²) in [7, 11) is 0. The lowest BCUT2D eigenvalue weighted by molar-refractivity contribution is 0.583. The van der Waals surface area contributed by atoms with Crippen molar-refractivity contribution in [2.45, 2.75) is 44.1 Å². The van der Waals surface area contributed by atoms with Crippen LogP contribution in [-0.4, -0.2) is 10.2 Å². The minimum absolute atomic E-state index is 0.122. The van der Waals surface area contributed by atoms with Gasteiger partial charge < -0.3 is 5.32 Å². The molecule has 0 radical (unpaired) electrons. The molecule has 1 aromatic heterocycles. The van der Waals surface area contributed by atoms with Gasteiger partial charge in [0.25, 0.3) is 0 Å². The van der Waals surface area contributed by atoms with Gasteiger partial charge in [-0.15, -0.1) is 0 Å². The van der Waals surface area contributed by atoms with Gasteiger partial charge in [0.15, 0.2) is 0 Å².